The van der Waals surface area contributed by atoms with Gasteiger partial charge in [0.05, 0.1) is 12.2 Å². The second-order valence-electron chi connectivity index (χ2n) is 4.07. The van der Waals surface area contributed by atoms with Crippen LogP contribution in [0.2, 0.25) is 0 Å². The van der Waals surface area contributed by atoms with Gasteiger partial charge >= 0.3 is 11.9 Å². The van der Waals surface area contributed by atoms with Crippen LogP contribution in [0.5, 0.6) is 0 Å². The molecule has 5 heteroatoms. The van der Waals surface area contributed by atoms with Crippen molar-refractivity contribution in [2.24, 2.45) is 0 Å². The Morgan fingerprint density at radius 3 is 2.50 bits per heavy atom. The van der Waals surface area contributed by atoms with Gasteiger partial charge in [0.1, 0.15) is 12.7 Å². The van der Waals surface area contributed by atoms with Crippen LogP contribution in [0.4, 0.5) is 0 Å². The number of rotatable bonds is 3. The zero-order valence-corrected chi connectivity index (χ0v) is 9.89. The smallest absolute Gasteiger partial charge is 0.302 e. The van der Waals surface area contributed by atoms with Gasteiger partial charge in [0, 0.05) is 26.7 Å². The summed E-state index contributed by atoms with van der Waals surface area (Å²) >= 11 is 0. The van der Waals surface area contributed by atoms with E-state index in [1.807, 2.05) is 6.92 Å². The van der Waals surface area contributed by atoms with E-state index in [0.717, 1.165) is 0 Å². The van der Waals surface area contributed by atoms with E-state index < -0.39 is 0 Å². The van der Waals surface area contributed by atoms with Crippen molar-refractivity contribution < 1.29 is 23.8 Å². The van der Waals surface area contributed by atoms with Crippen LogP contribution < -0.4 is 0 Å². The lowest BCUT2D eigenvalue weighted by atomic mass is 10.0. The van der Waals surface area contributed by atoms with Crippen molar-refractivity contribution in [3.63, 3.8) is 0 Å². The molecule has 3 atom stereocenters. The molecule has 0 N–H and O–H groups in total. The Kier molecular flexibility index (Phi) is 4.73. The molecule has 1 rings (SSSR count). The molecule has 0 aromatic carbocycles. The maximum Gasteiger partial charge on any atom is 0.302 e. The van der Waals surface area contributed by atoms with E-state index in [-0.39, 0.29) is 36.9 Å². The highest BCUT2D eigenvalue weighted by molar-refractivity contribution is 5.66. The van der Waals surface area contributed by atoms with E-state index in [2.05, 4.69) is 0 Å². The molecule has 1 aliphatic heterocycles. The minimum Gasteiger partial charge on any atom is -0.463 e. The monoisotopic (exact) mass is 230 g/mol. The first-order chi connectivity index (χ1) is 7.47. The molecule has 5 nitrogen and oxygen atoms in total. The molecule has 0 radical (unpaired) electrons. The Morgan fingerprint density at radius 1 is 1.25 bits per heavy atom. The Bertz CT molecular complexity index is 263. The highest BCUT2D eigenvalue weighted by Crippen LogP contribution is 2.22. The number of ether oxygens (including phenoxy) is 3. The van der Waals surface area contributed by atoms with E-state index in [9.17, 15) is 9.59 Å². The molecule has 0 bridgehead atoms. The molecule has 1 saturated heterocycles. The number of esters is 2. The van der Waals surface area contributed by atoms with E-state index in [1.54, 1.807) is 0 Å². The van der Waals surface area contributed by atoms with Crippen LogP contribution in [0.25, 0.3) is 0 Å². The van der Waals surface area contributed by atoms with Crippen molar-refractivity contribution >= 4 is 11.9 Å². The summed E-state index contributed by atoms with van der Waals surface area (Å²) in [7, 11) is 0. The summed E-state index contributed by atoms with van der Waals surface area (Å²) in [6.07, 6.45) is 0.963. The summed E-state index contributed by atoms with van der Waals surface area (Å²) in [6.45, 7) is 4.88. The molecule has 1 aliphatic rings. The molecule has 16 heavy (non-hydrogen) atoms. The number of carbonyl (C=O) groups excluding carboxylic acids is 2. The maximum absolute atomic E-state index is 10.8. The van der Waals surface area contributed by atoms with Crippen molar-refractivity contribution in [1.29, 1.82) is 0 Å². The topological polar surface area (TPSA) is 61.8 Å². The second kappa shape index (κ2) is 5.84. The van der Waals surface area contributed by atoms with Gasteiger partial charge in [-0.25, -0.2) is 0 Å². The summed E-state index contributed by atoms with van der Waals surface area (Å²) in [5.41, 5.74) is 0. The summed E-state index contributed by atoms with van der Waals surface area (Å²) in [5, 5.41) is 0. The Morgan fingerprint density at radius 2 is 1.94 bits per heavy atom. The Labute approximate surface area is 95.0 Å². The summed E-state index contributed by atoms with van der Waals surface area (Å²) < 4.78 is 15.6. The predicted molar refractivity (Wildman–Crippen MR) is 55.8 cm³/mol. The third-order valence-electron chi connectivity index (χ3n) is 2.35. The van der Waals surface area contributed by atoms with Gasteiger partial charge in [-0.15, -0.1) is 0 Å². The Hall–Kier alpha value is -1.10. The minimum atomic E-state index is -0.328. The lowest BCUT2D eigenvalue weighted by Crippen LogP contribution is -2.39. The van der Waals surface area contributed by atoms with E-state index in [1.165, 1.54) is 13.8 Å². The predicted octanol–water partition coefficient (Wildman–Crippen LogP) is 1.05. The third-order valence-corrected chi connectivity index (χ3v) is 2.35. The molecular weight excluding hydrogens is 212 g/mol. The van der Waals surface area contributed by atoms with Gasteiger partial charge in [-0.2, -0.15) is 0 Å². The Balaban J connectivity index is 2.40. The molecule has 0 aromatic heterocycles. The minimum absolute atomic E-state index is 0.0126. The van der Waals surface area contributed by atoms with E-state index in [0.29, 0.717) is 12.8 Å². The van der Waals surface area contributed by atoms with Gasteiger partial charge in [-0.3, -0.25) is 9.59 Å². The van der Waals surface area contributed by atoms with Gasteiger partial charge in [0.25, 0.3) is 0 Å². The maximum atomic E-state index is 10.8. The average molecular weight is 230 g/mol. The highest BCUT2D eigenvalue weighted by atomic mass is 16.6. The van der Waals surface area contributed by atoms with Crippen LogP contribution in [0.3, 0.4) is 0 Å². The lowest BCUT2D eigenvalue weighted by molar-refractivity contribution is -0.167. The van der Waals surface area contributed by atoms with Gasteiger partial charge in [-0.05, 0) is 6.92 Å². The van der Waals surface area contributed by atoms with E-state index >= 15 is 0 Å². The molecule has 0 aliphatic carbocycles. The van der Waals surface area contributed by atoms with Crippen molar-refractivity contribution in [1.82, 2.24) is 0 Å². The molecule has 92 valence electrons. The zero-order valence-electron chi connectivity index (χ0n) is 9.89. The van der Waals surface area contributed by atoms with Crippen LogP contribution in [-0.4, -0.2) is 36.9 Å². The highest BCUT2D eigenvalue weighted by Gasteiger charge is 2.29. The van der Waals surface area contributed by atoms with E-state index in [4.69, 9.17) is 14.2 Å². The summed E-state index contributed by atoms with van der Waals surface area (Å²) in [5.74, 6) is -0.615. The molecule has 1 heterocycles. The largest absolute Gasteiger partial charge is 0.463 e. The fourth-order valence-corrected chi connectivity index (χ4v) is 1.85. The SMILES string of the molecule is CC(=O)OC[C@@H]1C[C@H](OC(C)=O)C[C@H](C)O1. The second-order valence-corrected chi connectivity index (χ2v) is 4.07. The summed E-state index contributed by atoms with van der Waals surface area (Å²) in [4.78, 5) is 21.5. The molecule has 0 spiro atoms. The molecule has 0 aromatic rings. The van der Waals surface area contributed by atoms with Crippen LogP contribution in [0.15, 0.2) is 0 Å². The fraction of sp³-hybridized carbons (Fsp3) is 0.818. The number of hydrogen-bond donors (Lipinski definition) is 0. The van der Waals surface area contributed by atoms with Gasteiger partial charge in [0.15, 0.2) is 0 Å². The molecule has 0 amide bonds. The van der Waals surface area contributed by atoms with Crippen LogP contribution >= 0.6 is 0 Å². The van der Waals surface area contributed by atoms with Crippen molar-refractivity contribution in [3.8, 4) is 0 Å². The molecule has 0 unspecified atom stereocenters. The standard InChI is InChI=1S/C11H18O5/c1-7-4-10(16-9(3)13)5-11(15-7)6-14-8(2)12/h7,10-11H,4-6H2,1-3H3/t7-,10+,11-/m0/s1. The van der Waals surface area contributed by atoms with Crippen LogP contribution in [-0.2, 0) is 23.8 Å². The van der Waals surface area contributed by atoms with Crippen molar-refractivity contribution in [2.45, 2.75) is 51.9 Å². The normalized spacial score (nSPS) is 29.6. The van der Waals surface area contributed by atoms with Gasteiger partial charge < -0.3 is 14.2 Å². The number of carbonyl (C=O) groups is 2. The first-order valence-corrected chi connectivity index (χ1v) is 5.43. The van der Waals surface area contributed by atoms with Crippen LogP contribution in [0.1, 0.15) is 33.6 Å². The van der Waals surface area contributed by atoms with Crippen molar-refractivity contribution in [3.05, 3.63) is 0 Å². The lowest BCUT2D eigenvalue weighted by Gasteiger charge is -2.32. The average Bonchev–Trinajstić information content (AvgIpc) is 2.12. The molecular formula is C11H18O5. The van der Waals surface area contributed by atoms with Gasteiger partial charge in [-0.1, -0.05) is 0 Å². The van der Waals surface area contributed by atoms with Gasteiger partial charge in [0.2, 0.25) is 0 Å². The quantitative estimate of drug-likeness (QED) is 0.678. The fourth-order valence-electron chi connectivity index (χ4n) is 1.85. The van der Waals surface area contributed by atoms with Crippen molar-refractivity contribution in [2.75, 3.05) is 6.61 Å². The first-order valence-electron chi connectivity index (χ1n) is 5.43. The zero-order chi connectivity index (χ0) is 12.1. The third kappa shape index (κ3) is 4.61. The summed E-state index contributed by atoms with van der Waals surface area (Å²) in [6, 6.07) is 0. The molecule has 0 saturated carbocycles. The molecule has 1 fully saturated rings. The number of hydrogen-bond acceptors (Lipinski definition) is 5. The van der Waals surface area contributed by atoms with Crippen LogP contribution in [0, 0.1) is 0 Å². The first kappa shape index (κ1) is 13.0.